The topological polar surface area (TPSA) is 66.8 Å². The van der Waals surface area contributed by atoms with Crippen molar-refractivity contribution in [2.24, 2.45) is 0 Å². The average molecular weight is 395 g/mol. The largest absolute Gasteiger partial charge is 0.482 e. The van der Waals surface area contributed by atoms with Crippen LogP contribution in [-0.4, -0.2) is 29.7 Å². The molecule has 0 N–H and O–H groups in total. The molecule has 3 aromatic rings. The molecule has 0 radical (unpaired) electrons. The minimum Gasteiger partial charge on any atom is -0.482 e. The van der Waals surface area contributed by atoms with Gasteiger partial charge >= 0.3 is 11.9 Å². The van der Waals surface area contributed by atoms with Crippen LogP contribution in [0.15, 0.2) is 42.5 Å². The van der Waals surface area contributed by atoms with Crippen molar-refractivity contribution in [3.63, 3.8) is 0 Å². The van der Waals surface area contributed by atoms with E-state index in [2.05, 4.69) is 0 Å². The van der Waals surface area contributed by atoms with Crippen LogP contribution in [0.25, 0.3) is 10.9 Å². The van der Waals surface area contributed by atoms with E-state index in [9.17, 15) is 9.59 Å². The molecular weight excluding hydrogens is 370 g/mol. The minimum absolute atomic E-state index is 0.208. The van der Waals surface area contributed by atoms with Crippen LogP contribution >= 0.6 is 0 Å². The maximum Gasteiger partial charge on any atom is 0.349 e. The van der Waals surface area contributed by atoms with Gasteiger partial charge in [-0.15, -0.1) is 0 Å². The van der Waals surface area contributed by atoms with Gasteiger partial charge in [0.2, 0.25) is 0 Å². The molecule has 0 fully saturated rings. The summed E-state index contributed by atoms with van der Waals surface area (Å²) in [5.74, 6) is 0.0553. The second kappa shape index (κ2) is 8.82. The van der Waals surface area contributed by atoms with E-state index in [1.54, 1.807) is 31.2 Å². The molecule has 0 aliphatic carbocycles. The molecule has 1 aromatic heterocycles. The molecule has 0 atom stereocenters. The Hall–Kier alpha value is -3.28. The fourth-order valence-corrected chi connectivity index (χ4v) is 3.33. The molecule has 0 aliphatic rings. The first-order valence-electron chi connectivity index (χ1n) is 9.64. The van der Waals surface area contributed by atoms with E-state index in [0.717, 1.165) is 16.8 Å². The van der Waals surface area contributed by atoms with E-state index < -0.39 is 5.97 Å². The third kappa shape index (κ3) is 4.42. The summed E-state index contributed by atoms with van der Waals surface area (Å²) in [4.78, 5) is 24.7. The molecule has 29 heavy (non-hydrogen) atoms. The Labute approximate surface area is 170 Å². The van der Waals surface area contributed by atoms with Gasteiger partial charge in [0.05, 0.1) is 12.2 Å². The quantitative estimate of drug-likeness (QED) is 0.437. The average Bonchev–Trinajstić information content (AvgIpc) is 2.98. The van der Waals surface area contributed by atoms with Crippen LogP contribution in [-0.2, 0) is 16.1 Å². The van der Waals surface area contributed by atoms with Crippen molar-refractivity contribution >= 4 is 22.8 Å². The summed E-state index contributed by atoms with van der Waals surface area (Å²) < 4.78 is 18.1. The molecule has 0 amide bonds. The van der Waals surface area contributed by atoms with Gasteiger partial charge in [-0.25, -0.2) is 9.59 Å². The number of aromatic nitrogens is 1. The molecule has 0 unspecified atom stereocenters. The van der Waals surface area contributed by atoms with Crippen LogP contribution in [0.3, 0.4) is 0 Å². The molecule has 6 nitrogen and oxygen atoms in total. The van der Waals surface area contributed by atoms with Crippen LogP contribution in [0.1, 0.15) is 35.5 Å². The van der Waals surface area contributed by atoms with Gasteiger partial charge in [-0.2, -0.15) is 0 Å². The smallest absolute Gasteiger partial charge is 0.349 e. The van der Waals surface area contributed by atoms with Crippen LogP contribution in [0, 0.1) is 13.8 Å². The lowest BCUT2D eigenvalue weighted by Gasteiger charge is -2.08. The maximum atomic E-state index is 12.5. The first kappa shape index (κ1) is 20.5. The first-order chi connectivity index (χ1) is 13.9. The Morgan fingerprint density at radius 1 is 0.966 bits per heavy atom. The highest BCUT2D eigenvalue weighted by Gasteiger charge is 2.21. The van der Waals surface area contributed by atoms with Gasteiger partial charge in [-0.05, 0) is 58.0 Å². The molecule has 6 heteroatoms. The van der Waals surface area contributed by atoms with Gasteiger partial charge in [0.15, 0.2) is 6.61 Å². The van der Waals surface area contributed by atoms with E-state index in [4.69, 9.17) is 14.2 Å². The third-order valence-corrected chi connectivity index (χ3v) is 4.70. The van der Waals surface area contributed by atoms with Crippen molar-refractivity contribution in [3.8, 4) is 11.5 Å². The van der Waals surface area contributed by atoms with Crippen molar-refractivity contribution in [1.82, 2.24) is 4.57 Å². The van der Waals surface area contributed by atoms with E-state index in [1.807, 2.05) is 43.5 Å². The SMILES string of the molecule is CCOC(=O)c1c(C)n(CC)c2ccc(OC(=O)COc3ccc(C)cc3)cc12. The fourth-order valence-electron chi connectivity index (χ4n) is 3.33. The maximum absolute atomic E-state index is 12.5. The highest BCUT2D eigenvalue weighted by Crippen LogP contribution is 2.30. The van der Waals surface area contributed by atoms with E-state index in [0.29, 0.717) is 35.6 Å². The number of rotatable bonds is 7. The third-order valence-electron chi connectivity index (χ3n) is 4.70. The molecular formula is C23H25NO5. The lowest BCUT2D eigenvalue weighted by Crippen LogP contribution is -2.17. The van der Waals surface area contributed by atoms with Gasteiger partial charge < -0.3 is 18.8 Å². The van der Waals surface area contributed by atoms with Gasteiger partial charge in [-0.1, -0.05) is 17.7 Å². The molecule has 3 rings (SSSR count). The van der Waals surface area contributed by atoms with Crippen molar-refractivity contribution < 1.29 is 23.8 Å². The van der Waals surface area contributed by atoms with Crippen LogP contribution in [0.2, 0.25) is 0 Å². The normalized spacial score (nSPS) is 10.8. The van der Waals surface area contributed by atoms with Crippen LogP contribution < -0.4 is 9.47 Å². The molecule has 0 aliphatic heterocycles. The second-order valence-corrected chi connectivity index (χ2v) is 6.68. The number of ether oxygens (including phenoxy) is 3. The Morgan fingerprint density at radius 2 is 1.66 bits per heavy atom. The summed E-state index contributed by atoms with van der Waals surface area (Å²) in [5, 5.41) is 0.701. The number of carbonyl (C=O) groups is 2. The lowest BCUT2D eigenvalue weighted by atomic mass is 10.1. The number of aryl methyl sites for hydroxylation is 2. The zero-order chi connectivity index (χ0) is 21.0. The molecule has 152 valence electrons. The van der Waals surface area contributed by atoms with Crippen molar-refractivity contribution in [1.29, 1.82) is 0 Å². The standard InChI is InChI=1S/C23H25NO5/c1-5-24-16(4)22(23(26)27-6-2)19-13-18(11-12-20(19)24)29-21(25)14-28-17-9-7-15(3)8-10-17/h7-13H,5-6,14H2,1-4H3. The van der Waals surface area contributed by atoms with Gasteiger partial charge in [-0.3, -0.25) is 0 Å². The molecule has 0 saturated heterocycles. The fraction of sp³-hybridized carbons (Fsp3) is 0.304. The summed E-state index contributed by atoms with van der Waals surface area (Å²) in [6.07, 6.45) is 0. The number of carbonyl (C=O) groups excluding carboxylic acids is 2. The highest BCUT2D eigenvalue weighted by molar-refractivity contribution is 6.06. The van der Waals surface area contributed by atoms with Gasteiger partial charge in [0.1, 0.15) is 11.5 Å². The molecule has 0 saturated carbocycles. The van der Waals surface area contributed by atoms with Crippen molar-refractivity contribution in [3.05, 3.63) is 59.3 Å². The predicted octanol–water partition coefficient (Wildman–Crippen LogP) is 4.44. The van der Waals surface area contributed by atoms with Crippen molar-refractivity contribution in [2.45, 2.75) is 34.2 Å². The monoisotopic (exact) mass is 395 g/mol. The molecule has 2 aromatic carbocycles. The second-order valence-electron chi connectivity index (χ2n) is 6.68. The summed E-state index contributed by atoms with van der Waals surface area (Å²) in [5.41, 5.74) is 3.33. The molecule has 1 heterocycles. The Balaban J connectivity index is 1.81. The highest BCUT2D eigenvalue weighted by atomic mass is 16.6. The van der Waals surface area contributed by atoms with E-state index in [-0.39, 0.29) is 12.6 Å². The predicted molar refractivity (Wildman–Crippen MR) is 111 cm³/mol. The van der Waals surface area contributed by atoms with Crippen LogP contribution in [0.5, 0.6) is 11.5 Å². The zero-order valence-corrected chi connectivity index (χ0v) is 17.2. The van der Waals surface area contributed by atoms with Crippen molar-refractivity contribution in [2.75, 3.05) is 13.2 Å². The number of hydrogen-bond acceptors (Lipinski definition) is 5. The summed E-state index contributed by atoms with van der Waals surface area (Å²) in [7, 11) is 0. The number of nitrogens with zero attached hydrogens (tertiary/aromatic N) is 1. The van der Waals surface area contributed by atoms with Crippen LogP contribution in [0.4, 0.5) is 0 Å². The molecule has 0 bridgehead atoms. The lowest BCUT2D eigenvalue weighted by molar-refractivity contribution is -0.136. The summed E-state index contributed by atoms with van der Waals surface area (Å²) in [6, 6.07) is 12.7. The first-order valence-corrected chi connectivity index (χ1v) is 9.64. The zero-order valence-electron chi connectivity index (χ0n) is 17.2. The number of fused-ring (bicyclic) bond motifs is 1. The Bertz CT molecular complexity index is 1030. The summed E-state index contributed by atoms with van der Waals surface area (Å²) in [6.45, 7) is 8.45. The number of hydrogen-bond donors (Lipinski definition) is 0. The Morgan fingerprint density at radius 3 is 2.31 bits per heavy atom. The van der Waals surface area contributed by atoms with E-state index in [1.165, 1.54) is 0 Å². The number of benzene rings is 2. The Kier molecular flexibility index (Phi) is 6.22. The van der Waals surface area contributed by atoms with Gasteiger partial charge in [0.25, 0.3) is 0 Å². The van der Waals surface area contributed by atoms with Gasteiger partial charge in [0, 0.05) is 23.1 Å². The summed E-state index contributed by atoms with van der Waals surface area (Å²) >= 11 is 0. The minimum atomic E-state index is -0.519. The van der Waals surface area contributed by atoms with E-state index >= 15 is 0 Å². The molecule has 0 spiro atoms. The number of esters is 2.